The molecule has 0 saturated heterocycles. The Bertz CT molecular complexity index is 216. The van der Waals surface area contributed by atoms with Gasteiger partial charge in [0.15, 0.2) is 0 Å². The molecule has 0 spiro atoms. The molecule has 6 nitrogen and oxygen atoms in total. The van der Waals surface area contributed by atoms with Gasteiger partial charge in [-0.1, -0.05) is 4.79 Å². The lowest BCUT2D eigenvalue weighted by atomic mass is 10.6. The lowest BCUT2D eigenvalue weighted by Gasteiger charge is -1.81. The molecule has 1 aromatic heterocycles. The third-order valence-electron chi connectivity index (χ3n) is 1.17. The summed E-state index contributed by atoms with van der Waals surface area (Å²) in [7, 11) is 0. The van der Waals surface area contributed by atoms with Crippen molar-refractivity contribution >= 4 is 0 Å². The minimum atomic E-state index is 0.312. The van der Waals surface area contributed by atoms with Crippen LogP contribution in [0.25, 0.3) is 0 Å². The average molecular weight is 143 g/mol. The van der Waals surface area contributed by atoms with E-state index < -0.39 is 0 Å². The Morgan fingerprint density at radius 2 is 2.10 bits per heavy atom. The van der Waals surface area contributed by atoms with E-state index in [2.05, 4.69) is 10.1 Å². The summed E-state index contributed by atoms with van der Waals surface area (Å²) in [6.45, 7) is 0.657. The Kier molecular flexibility index (Phi) is 1.83. The summed E-state index contributed by atoms with van der Waals surface area (Å²) in [6, 6.07) is 0. The molecule has 0 bridgehead atoms. The van der Waals surface area contributed by atoms with E-state index in [-0.39, 0.29) is 0 Å². The zero-order valence-corrected chi connectivity index (χ0v) is 5.54. The number of nitrogens with two attached hydrogens (primary N) is 3. The monoisotopic (exact) mass is 143 g/mol. The van der Waals surface area contributed by atoms with Crippen LogP contribution in [0.1, 0.15) is 11.6 Å². The van der Waals surface area contributed by atoms with E-state index in [9.17, 15) is 0 Å². The molecule has 1 rings (SSSR count). The number of nitrogens with one attached hydrogen (secondary N) is 1. The van der Waals surface area contributed by atoms with Gasteiger partial charge in [0.25, 0.3) is 5.82 Å². The quantitative estimate of drug-likeness (QED) is 0.267. The molecule has 0 aromatic carbocycles. The van der Waals surface area contributed by atoms with Crippen LogP contribution in [-0.4, -0.2) is 10.1 Å². The van der Waals surface area contributed by atoms with Crippen LogP contribution in [0.2, 0.25) is 0 Å². The van der Waals surface area contributed by atoms with E-state index in [1.807, 2.05) is 0 Å². The van der Waals surface area contributed by atoms with E-state index in [1.165, 1.54) is 4.79 Å². The van der Waals surface area contributed by atoms with E-state index in [0.717, 1.165) is 0 Å². The van der Waals surface area contributed by atoms with Crippen LogP contribution in [0.5, 0.6) is 0 Å². The molecule has 0 atom stereocenters. The van der Waals surface area contributed by atoms with Crippen molar-refractivity contribution in [2.75, 3.05) is 5.84 Å². The minimum absolute atomic E-state index is 0.312. The van der Waals surface area contributed by atoms with E-state index in [0.29, 0.717) is 24.7 Å². The van der Waals surface area contributed by atoms with E-state index >= 15 is 0 Å². The predicted octanol–water partition coefficient (Wildman–Crippen LogP) is -2.67. The number of nitrogens with zero attached hydrogens (tertiary/aromatic N) is 2. The van der Waals surface area contributed by atoms with Gasteiger partial charge < -0.3 is 11.5 Å². The highest BCUT2D eigenvalue weighted by Crippen LogP contribution is 1.84. The molecule has 0 fully saturated rings. The number of aromatic nitrogens is 3. The van der Waals surface area contributed by atoms with Crippen molar-refractivity contribution in [3.05, 3.63) is 11.6 Å². The van der Waals surface area contributed by atoms with Gasteiger partial charge in [0.2, 0.25) is 0 Å². The third-order valence-corrected chi connectivity index (χ3v) is 1.17. The molecule has 1 heterocycles. The van der Waals surface area contributed by atoms with Crippen molar-refractivity contribution < 1.29 is 4.79 Å². The number of hydrogen-bond donors (Lipinski definition) is 4. The highest BCUT2D eigenvalue weighted by molar-refractivity contribution is 4.82. The third kappa shape index (κ3) is 1.07. The maximum Gasteiger partial charge on any atom is 0.356 e. The van der Waals surface area contributed by atoms with Gasteiger partial charge in [-0.25, -0.2) is 5.84 Å². The lowest BCUT2D eigenvalue weighted by molar-refractivity contribution is -0.705. The number of hydrogen-bond acceptors (Lipinski definition) is 4. The zero-order chi connectivity index (χ0) is 7.56. The van der Waals surface area contributed by atoms with Gasteiger partial charge >= 0.3 is 5.82 Å². The summed E-state index contributed by atoms with van der Waals surface area (Å²) in [4.78, 5) is 5.25. The number of nitrogen functional groups attached to an aromatic ring is 1. The Morgan fingerprint density at radius 3 is 2.40 bits per heavy atom. The highest BCUT2D eigenvalue weighted by Gasteiger charge is 2.13. The molecule has 1 aromatic rings. The minimum Gasteiger partial charge on any atom is -0.322 e. The second-order valence-electron chi connectivity index (χ2n) is 1.86. The summed E-state index contributed by atoms with van der Waals surface area (Å²) in [5.41, 5.74) is 10.6. The molecule has 0 saturated carbocycles. The first-order chi connectivity index (χ1) is 4.77. The molecule has 7 N–H and O–H groups in total. The number of H-pyrrole nitrogens is 1. The Balaban J connectivity index is 2.92. The Morgan fingerprint density at radius 1 is 1.40 bits per heavy atom. The molecule has 0 aliphatic heterocycles. The highest BCUT2D eigenvalue weighted by atomic mass is 15.5. The summed E-state index contributed by atoms with van der Waals surface area (Å²) in [5, 5.41) is 2.72. The summed E-state index contributed by atoms with van der Waals surface area (Å²) >= 11 is 0. The normalized spacial score (nSPS) is 10.2. The molecule has 56 valence electrons. The fraction of sp³-hybridized carbons (Fsp3) is 0.500. The number of aromatic amines is 1. The predicted molar refractivity (Wildman–Crippen MR) is 34.7 cm³/mol. The standard InChI is InChI=1S/C4H10N6/c5-1-3-8-4(2-6)10(7)9-3/h1-2,5-7H2/p+1. The average Bonchev–Trinajstić information content (AvgIpc) is 2.30. The Hall–Kier alpha value is -1.14. The van der Waals surface area contributed by atoms with Gasteiger partial charge in [-0.05, 0) is 4.98 Å². The maximum atomic E-state index is 5.39. The first-order valence-electron chi connectivity index (χ1n) is 2.93. The fourth-order valence-corrected chi connectivity index (χ4v) is 0.673. The largest absolute Gasteiger partial charge is 0.356 e. The summed E-state index contributed by atoms with van der Waals surface area (Å²) in [5.74, 6) is 6.63. The van der Waals surface area contributed by atoms with E-state index in [1.54, 1.807) is 0 Å². The van der Waals surface area contributed by atoms with Crippen LogP contribution in [-0.2, 0) is 13.1 Å². The van der Waals surface area contributed by atoms with Crippen LogP contribution in [0.15, 0.2) is 0 Å². The van der Waals surface area contributed by atoms with Crippen molar-refractivity contribution in [3.8, 4) is 0 Å². The molecule has 0 aliphatic carbocycles. The van der Waals surface area contributed by atoms with Crippen molar-refractivity contribution in [2.24, 2.45) is 11.5 Å². The van der Waals surface area contributed by atoms with E-state index in [4.69, 9.17) is 17.3 Å². The van der Waals surface area contributed by atoms with Gasteiger partial charge in [-0.3, -0.25) is 0 Å². The van der Waals surface area contributed by atoms with Crippen molar-refractivity contribution in [1.82, 2.24) is 10.1 Å². The zero-order valence-electron chi connectivity index (χ0n) is 5.54. The Labute approximate surface area is 58.0 Å². The molecule has 0 unspecified atom stereocenters. The topological polar surface area (TPSA) is 111 Å². The molecule has 0 radical (unpaired) electrons. The van der Waals surface area contributed by atoms with Gasteiger partial charge in [0.1, 0.15) is 6.54 Å². The van der Waals surface area contributed by atoms with Crippen molar-refractivity contribution in [1.29, 1.82) is 0 Å². The number of rotatable bonds is 2. The SMILES string of the molecule is NCc1nc(CN)[n+](N)[nH]1. The fourth-order valence-electron chi connectivity index (χ4n) is 0.673. The molecule has 10 heavy (non-hydrogen) atoms. The first kappa shape index (κ1) is 6.97. The second-order valence-corrected chi connectivity index (χ2v) is 1.86. The summed E-state index contributed by atoms with van der Waals surface area (Å²) < 4.78 is 0. The lowest BCUT2D eigenvalue weighted by Crippen LogP contribution is -2.50. The smallest absolute Gasteiger partial charge is 0.322 e. The first-order valence-corrected chi connectivity index (χ1v) is 2.93. The van der Waals surface area contributed by atoms with Crippen LogP contribution >= 0.6 is 0 Å². The van der Waals surface area contributed by atoms with Crippen LogP contribution in [0, 0.1) is 0 Å². The molecule has 6 heteroatoms. The molecule has 0 aliphatic rings. The van der Waals surface area contributed by atoms with Crippen molar-refractivity contribution in [3.63, 3.8) is 0 Å². The maximum absolute atomic E-state index is 5.39. The van der Waals surface area contributed by atoms with Gasteiger partial charge in [0.05, 0.1) is 6.54 Å². The van der Waals surface area contributed by atoms with Crippen LogP contribution in [0.4, 0.5) is 0 Å². The second kappa shape index (κ2) is 2.63. The van der Waals surface area contributed by atoms with Crippen LogP contribution < -0.4 is 22.1 Å². The molecular weight excluding hydrogens is 132 g/mol. The van der Waals surface area contributed by atoms with Gasteiger partial charge in [0, 0.05) is 0 Å². The van der Waals surface area contributed by atoms with Gasteiger partial charge in [-0.2, -0.15) is 5.10 Å². The van der Waals surface area contributed by atoms with Crippen LogP contribution in [0.3, 0.4) is 0 Å². The molecule has 0 amide bonds. The summed E-state index contributed by atoms with van der Waals surface area (Å²) in [6.07, 6.45) is 0. The van der Waals surface area contributed by atoms with Crippen molar-refractivity contribution in [2.45, 2.75) is 13.1 Å². The molecular formula is C4H11N6+. The van der Waals surface area contributed by atoms with Gasteiger partial charge in [-0.15, -0.1) is 0 Å².